The topological polar surface area (TPSA) is 132 Å². The normalized spacial score (nSPS) is 11.6. The molecule has 4 N–H and O–H groups in total. The SMILES string of the molecule is NC(=O)[C@H](Cc1ccccc1)NC(=O)CCCOc1c(CCO)c(-c2cccnc2)nn1-c1cccc(Cl)c1. The average Bonchev–Trinajstić information content (AvgIpc) is 3.30. The smallest absolute Gasteiger partial charge is 0.240 e. The van der Waals surface area contributed by atoms with Crippen molar-refractivity contribution in [3.05, 3.63) is 95.3 Å². The van der Waals surface area contributed by atoms with Gasteiger partial charge < -0.3 is 20.9 Å². The van der Waals surface area contributed by atoms with Gasteiger partial charge in [-0.05, 0) is 42.3 Å². The lowest BCUT2D eigenvalue weighted by Gasteiger charge is -2.16. The van der Waals surface area contributed by atoms with Crippen molar-refractivity contribution in [3.8, 4) is 22.8 Å². The molecule has 0 spiro atoms. The standard InChI is InChI=1S/C29H30ClN5O4/c30-22-10-4-11-23(18-22)35-29(24(13-15-36)27(34-35)21-9-5-14-32-19-21)39-16-6-12-26(37)33-25(28(31)38)17-20-7-2-1-3-8-20/h1-5,7-11,14,18-19,25,36H,6,12-13,15-17H2,(H2,31,38)(H,33,37)/t25-/m0/s1. The highest BCUT2D eigenvalue weighted by atomic mass is 35.5. The molecule has 0 aliphatic carbocycles. The van der Waals surface area contributed by atoms with Crippen LogP contribution < -0.4 is 15.8 Å². The highest BCUT2D eigenvalue weighted by Crippen LogP contribution is 2.33. The number of carbonyl (C=O) groups excluding carboxylic acids is 2. The van der Waals surface area contributed by atoms with Crippen LogP contribution in [-0.4, -0.2) is 50.9 Å². The predicted octanol–water partition coefficient (Wildman–Crippen LogP) is 3.49. The molecule has 2 aromatic carbocycles. The number of hydrogen-bond donors (Lipinski definition) is 3. The van der Waals surface area contributed by atoms with E-state index in [4.69, 9.17) is 27.2 Å². The van der Waals surface area contributed by atoms with Gasteiger partial charge in [-0.3, -0.25) is 14.6 Å². The first kappa shape index (κ1) is 27.8. The third kappa shape index (κ3) is 7.43. The Morgan fingerprint density at radius 1 is 1.10 bits per heavy atom. The second kappa shape index (κ2) is 13.5. The summed E-state index contributed by atoms with van der Waals surface area (Å²) in [5, 5.41) is 17.8. The Bertz CT molecular complexity index is 1400. The molecule has 2 amide bonds. The molecular weight excluding hydrogens is 518 g/mol. The van der Waals surface area contributed by atoms with Crippen molar-refractivity contribution in [2.24, 2.45) is 5.73 Å². The second-order valence-corrected chi connectivity index (χ2v) is 9.34. The molecular formula is C29H30ClN5O4. The van der Waals surface area contributed by atoms with Crippen LogP contribution >= 0.6 is 11.6 Å². The minimum absolute atomic E-state index is 0.108. The number of rotatable bonds is 13. The predicted molar refractivity (Wildman–Crippen MR) is 149 cm³/mol. The van der Waals surface area contributed by atoms with Crippen LogP contribution in [0.1, 0.15) is 24.0 Å². The molecule has 4 aromatic rings. The number of nitrogens with two attached hydrogens (primary N) is 1. The number of aromatic nitrogens is 3. The highest BCUT2D eigenvalue weighted by molar-refractivity contribution is 6.30. The molecule has 9 nitrogen and oxygen atoms in total. The second-order valence-electron chi connectivity index (χ2n) is 8.90. The number of aliphatic hydroxyl groups excluding tert-OH is 1. The van der Waals surface area contributed by atoms with Gasteiger partial charge in [0.2, 0.25) is 17.7 Å². The first-order valence-electron chi connectivity index (χ1n) is 12.6. The van der Waals surface area contributed by atoms with Crippen molar-refractivity contribution in [1.82, 2.24) is 20.1 Å². The summed E-state index contributed by atoms with van der Waals surface area (Å²) >= 11 is 6.24. The van der Waals surface area contributed by atoms with Crippen LogP contribution in [0.2, 0.25) is 5.02 Å². The Morgan fingerprint density at radius 3 is 2.62 bits per heavy atom. The van der Waals surface area contributed by atoms with Crippen LogP contribution in [0.25, 0.3) is 16.9 Å². The lowest BCUT2D eigenvalue weighted by molar-refractivity contribution is -0.127. The maximum absolute atomic E-state index is 12.6. The summed E-state index contributed by atoms with van der Waals surface area (Å²) in [7, 11) is 0. The fraction of sp³-hybridized carbons (Fsp3) is 0.241. The van der Waals surface area contributed by atoms with Crippen molar-refractivity contribution in [2.75, 3.05) is 13.2 Å². The largest absolute Gasteiger partial charge is 0.477 e. The Balaban J connectivity index is 1.47. The van der Waals surface area contributed by atoms with Gasteiger partial charge in [0.05, 0.1) is 12.3 Å². The van der Waals surface area contributed by atoms with E-state index in [2.05, 4.69) is 10.3 Å². The summed E-state index contributed by atoms with van der Waals surface area (Å²) < 4.78 is 7.81. The monoisotopic (exact) mass is 547 g/mol. The summed E-state index contributed by atoms with van der Waals surface area (Å²) in [6.45, 7) is 0.0910. The molecule has 0 unspecified atom stereocenters. The number of benzene rings is 2. The average molecular weight is 548 g/mol. The van der Waals surface area contributed by atoms with Crippen LogP contribution in [0, 0.1) is 0 Å². The maximum Gasteiger partial charge on any atom is 0.240 e. The van der Waals surface area contributed by atoms with E-state index in [1.165, 1.54) is 0 Å². The number of nitrogens with zero attached hydrogens (tertiary/aromatic N) is 3. The Morgan fingerprint density at radius 2 is 1.92 bits per heavy atom. The molecule has 1 atom stereocenters. The van der Waals surface area contributed by atoms with Gasteiger partial charge in [-0.1, -0.05) is 48.0 Å². The van der Waals surface area contributed by atoms with E-state index in [1.54, 1.807) is 29.2 Å². The molecule has 0 bridgehead atoms. The van der Waals surface area contributed by atoms with E-state index in [0.717, 1.165) is 11.1 Å². The Hall–Kier alpha value is -4.21. The van der Waals surface area contributed by atoms with Gasteiger partial charge >= 0.3 is 0 Å². The Kier molecular flexibility index (Phi) is 9.66. The van der Waals surface area contributed by atoms with Crippen LogP contribution in [0.3, 0.4) is 0 Å². The number of aliphatic hydroxyl groups is 1. The molecule has 0 saturated heterocycles. The zero-order chi connectivity index (χ0) is 27.6. The van der Waals surface area contributed by atoms with Crippen LogP contribution in [0.4, 0.5) is 0 Å². The van der Waals surface area contributed by atoms with Crippen molar-refractivity contribution >= 4 is 23.4 Å². The van der Waals surface area contributed by atoms with Gasteiger partial charge in [0.25, 0.3) is 0 Å². The van der Waals surface area contributed by atoms with Crippen LogP contribution in [0.15, 0.2) is 79.1 Å². The van der Waals surface area contributed by atoms with E-state index in [9.17, 15) is 14.7 Å². The lowest BCUT2D eigenvalue weighted by atomic mass is 10.1. The number of ether oxygens (including phenoxy) is 1. The molecule has 4 rings (SSSR count). The van der Waals surface area contributed by atoms with E-state index >= 15 is 0 Å². The van der Waals surface area contributed by atoms with E-state index in [1.807, 2.05) is 54.6 Å². The van der Waals surface area contributed by atoms with Crippen molar-refractivity contribution in [2.45, 2.75) is 31.7 Å². The molecule has 2 heterocycles. The third-order valence-corrected chi connectivity index (χ3v) is 6.27. The van der Waals surface area contributed by atoms with Crippen molar-refractivity contribution < 1.29 is 19.4 Å². The Labute approximate surface area is 231 Å². The van der Waals surface area contributed by atoms with E-state index in [0.29, 0.717) is 47.1 Å². The minimum atomic E-state index is -0.803. The summed E-state index contributed by atoms with van der Waals surface area (Å²) in [5.74, 6) is -0.441. The minimum Gasteiger partial charge on any atom is -0.477 e. The number of carbonyl (C=O) groups is 2. The summed E-state index contributed by atoms with van der Waals surface area (Å²) in [6, 6.07) is 19.5. The maximum atomic E-state index is 12.6. The van der Waals surface area contributed by atoms with Crippen molar-refractivity contribution in [1.29, 1.82) is 0 Å². The molecule has 0 saturated carbocycles. The highest BCUT2D eigenvalue weighted by Gasteiger charge is 2.22. The quantitative estimate of drug-likeness (QED) is 0.219. The van der Waals surface area contributed by atoms with Crippen LogP contribution in [-0.2, 0) is 22.4 Å². The van der Waals surface area contributed by atoms with Crippen LogP contribution in [0.5, 0.6) is 5.88 Å². The molecule has 10 heteroatoms. The summed E-state index contributed by atoms with van der Waals surface area (Å²) in [5.41, 5.74) is 9.24. The fourth-order valence-electron chi connectivity index (χ4n) is 4.18. The van der Waals surface area contributed by atoms with Gasteiger partial charge in [-0.15, -0.1) is 0 Å². The lowest BCUT2D eigenvalue weighted by Crippen LogP contribution is -2.45. The first-order valence-corrected chi connectivity index (χ1v) is 13.0. The number of halogens is 1. The van der Waals surface area contributed by atoms with Crippen molar-refractivity contribution in [3.63, 3.8) is 0 Å². The zero-order valence-corrected chi connectivity index (χ0v) is 22.1. The first-order chi connectivity index (χ1) is 19.0. The zero-order valence-electron chi connectivity index (χ0n) is 21.3. The van der Waals surface area contributed by atoms with Gasteiger partial charge in [-0.25, -0.2) is 4.68 Å². The summed E-state index contributed by atoms with van der Waals surface area (Å²) in [6.07, 6.45) is 4.51. The molecule has 0 radical (unpaired) electrons. The van der Waals surface area contributed by atoms with Gasteiger partial charge in [0.15, 0.2) is 0 Å². The molecule has 39 heavy (non-hydrogen) atoms. The molecule has 202 valence electrons. The number of pyridine rings is 1. The number of nitrogens with one attached hydrogen (secondary N) is 1. The van der Waals surface area contributed by atoms with E-state index in [-0.39, 0.29) is 25.5 Å². The van der Waals surface area contributed by atoms with Gasteiger partial charge in [0, 0.05) is 54.4 Å². The summed E-state index contributed by atoms with van der Waals surface area (Å²) in [4.78, 5) is 28.7. The molecule has 0 aliphatic rings. The molecule has 0 aliphatic heterocycles. The van der Waals surface area contributed by atoms with Gasteiger partial charge in [-0.2, -0.15) is 5.10 Å². The van der Waals surface area contributed by atoms with Gasteiger partial charge in [0.1, 0.15) is 11.7 Å². The number of amides is 2. The number of primary amides is 1. The van der Waals surface area contributed by atoms with E-state index < -0.39 is 11.9 Å². The fourth-order valence-corrected chi connectivity index (χ4v) is 4.36. The molecule has 0 fully saturated rings. The molecule has 2 aromatic heterocycles. The number of hydrogen-bond acceptors (Lipinski definition) is 6. The third-order valence-electron chi connectivity index (χ3n) is 6.03.